The van der Waals surface area contributed by atoms with Crippen molar-refractivity contribution in [2.75, 3.05) is 45.9 Å². The van der Waals surface area contributed by atoms with E-state index in [1.54, 1.807) is 0 Å². The van der Waals surface area contributed by atoms with Crippen LogP contribution in [0.1, 0.15) is 50.4 Å². The lowest BCUT2D eigenvalue weighted by molar-refractivity contribution is 0.0696. The van der Waals surface area contributed by atoms with Crippen LogP contribution in [0.3, 0.4) is 0 Å². The molecule has 0 unspecified atom stereocenters. The topological polar surface area (TPSA) is 53.0 Å². The zero-order valence-corrected chi connectivity index (χ0v) is 16.8. The minimum atomic E-state index is -1.14. The Morgan fingerprint density at radius 1 is 1.19 bits per heavy atom. The van der Waals surface area contributed by atoms with Gasteiger partial charge in [0, 0.05) is 32.7 Å². The summed E-state index contributed by atoms with van der Waals surface area (Å²) in [4.78, 5) is 15.8. The molecule has 6 heteroatoms. The molecule has 1 saturated heterocycles. The van der Waals surface area contributed by atoms with Crippen LogP contribution in [-0.2, 0) is 0 Å². The highest BCUT2D eigenvalue weighted by molar-refractivity contribution is 5.87. The number of benzene rings is 1. The Hall–Kier alpha value is -1.66. The average Bonchev–Trinajstić information content (AvgIpc) is 2.63. The largest absolute Gasteiger partial charge is 0.491 e. The quantitative estimate of drug-likeness (QED) is 0.627. The van der Waals surface area contributed by atoms with E-state index in [0.29, 0.717) is 12.0 Å². The van der Waals surface area contributed by atoms with E-state index in [4.69, 9.17) is 9.84 Å². The van der Waals surface area contributed by atoms with E-state index in [1.807, 2.05) is 0 Å². The Kier molecular flexibility index (Phi) is 8.05. The zero-order chi connectivity index (χ0) is 19.9. The molecule has 1 aromatic rings. The number of carboxylic acid groups (broad SMARTS) is 1. The molecule has 1 heterocycles. The summed E-state index contributed by atoms with van der Waals surface area (Å²) in [6.07, 6.45) is 3.06. The van der Waals surface area contributed by atoms with Gasteiger partial charge in [-0.2, -0.15) is 0 Å². The Labute approximate surface area is 162 Å². The molecule has 152 valence electrons. The Morgan fingerprint density at radius 3 is 2.44 bits per heavy atom. The molecule has 0 atom stereocenters. The maximum atomic E-state index is 13.8. The Morgan fingerprint density at radius 2 is 1.85 bits per heavy atom. The van der Waals surface area contributed by atoms with Crippen molar-refractivity contribution in [3.05, 3.63) is 29.6 Å². The number of hydrogen-bond acceptors (Lipinski definition) is 4. The second-order valence-corrected chi connectivity index (χ2v) is 8.14. The fourth-order valence-corrected chi connectivity index (χ4v) is 3.26. The fraction of sp³-hybridized carbons (Fsp3) is 0.667. The summed E-state index contributed by atoms with van der Waals surface area (Å²) < 4.78 is 19.2. The van der Waals surface area contributed by atoms with Gasteiger partial charge in [0.25, 0.3) is 0 Å². The smallest absolute Gasteiger partial charge is 0.335 e. The molecular weight excluding hydrogens is 347 g/mol. The molecule has 5 nitrogen and oxygen atoms in total. The van der Waals surface area contributed by atoms with Crippen molar-refractivity contribution in [3.63, 3.8) is 0 Å². The summed E-state index contributed by atoms with van der Waals surface area (Å²) in [6, 6.07) is 3.74. The first kappa shape index (κ1) is 21.6. The fourth-order valence-electron chi connectivity index (χ4n) is 3.26. The molecule has 2 rings (SSSR count). The monoisotopic (exact) mass is 380 g/mol. The highest BCUT2D eigenvalue weighted by Gasteiger charge is 2.23. The molecule has 1 fully saturated rings. The number of aromatic carboxylic acids is 1. The van der Waals surface area contributed by atoms with Crippen LogP contribution >= 0.6 is 0 Å². The number of carbonyl (C=O) groups is 1. The number of nitrogens with zero attached hydrogens (tertiary/aromatic N) is 2. The van der Waals surface area contributed by atoms with E-state index >= 15 is 0 Å². The molecule has 1 aliphatic heterocycles. The lowest BCUT2D eigenvalue weighted by atomic mass is 9.89. The van der Waals surface area contributed by atoms with Crippen LogP contribution in [-0.4, -0.2) is 66.8 Å². The van der Waals surface area contributed by atoms with Gasteiger partial charge in [0.15, 0.2) is 11.6 Å². The predicted octanol–water partition coefficient (Wildman–Crippen LogP) is 3.74. The first-order chi connectivity index (χ1) is 12.8. The van der Waals surface area contributed by atoms with Crippen molar-refractivity contribution in [3.8, 4) is 5.75 Å². The molecule has 1 N–H and O–H groups in total. The summed E-state index contributed by atoms with van der Waals surface area (Å²) in [7, 11) is 0. The third-order valence-electron chi connectivity index (χ3n) is 5.38. The van der Waals surface area contributed by atoms with Crippen molar-refractivity contribution < 1.29 is 19.0 Å². The molecule has 1 aromatic carbocycles. The third-order valence-corrected chi connectivity index (χ3v) is 5.38. The molecule has 0 bridgehead atoms. The zero-order valence-electron chi connectivity index (χ0n) is 16.8. The van der Waals surface area contributed by atoms with Gasteiger partial charge in [-0.25, -0.2) is 9.18 Å². The molecule has 1 aliphatic rings. The van der Waals surface area contributed by atoms with E-state index in [2.05, 4.69) is 30.6 Å². The maximum absolute atomic E-state index is 13.8. The van der Waals surface area contributed by atoms with Gasteiger partial charge < -0.3 is 19.6 Å². The molecular formula is C21H33FN2O3. The van der Waals surface area contributed by atoms with Gasteiger partial charge in [-0.3, -0.25) is 0 Å². The van der Waals surface area contributed by atoms with Gasteiger partial charge in [0.1, 0.15) is 0 Å². The summed E-state index contributed by atoms with van der Waals surface area (Å²) in [6.45, 7) is 14.0. The number of halogens is 1. The number of unbranched alkanes of at least 4 members (excludes halogenated alkanes) is 1. The minimum Gasteiger partial charge on any atom is -0.491 e. The predicted molar refractivity (Wildman–Crippen MR) is 105 cm³/mol. The van der Waals surface area contributed by atoms with Crippen LogP contribution in [0.5, 0.6) is 5.75 Å². The normalized spacial score (nSPS) is 16.4. The molecule has 0 aromatic heterocycles. The van der Waals surface area contributed by atoms with Crippen LogP contribution in [0.2, 0.25) is 0 Å². The first-order valence-electron chi connectivity index (χ1n) is 9.91. The van der Waals surface area contributed by atoms with Crippen LogP contribution in [0.25, 0.3) is 0 Å². The number of hydrogen-bond donors (Lipinski definition) is 1. The second kappa shape index (κ2) is 10.0. The van der Waals surface area contributed by atoms with E-state index in [1.165, 1.54) is 18.6 Å². The van der Waals surface area contributed by atoms with E-state index in [-0.39, 0.29) is 11.3 Å². The van der Waals surface area contributed by atoms with Crippen LogP contribution in [0.15, 0.2) is 18.2 Å². The summed E-state index contributed by atoms with van der Waals surface area (Å²) in [5.74, 6) is -1.65. The molecule has 0 spiro atoms. The summed E-state index contributed by atoms with van der Waals surface area (Å²) >= 11 is 0. The van der Waals surface area contributed by atoms with Crippen molar-refractivity contribution in [1.29, 1.82) is 0 Å². The Bertz CT molecular complexity index is 613. The highest BCUT2D eigenvalue weighted by atomic mass is 19.1. The minimum absolute atomic E-state index is 0.0682. The van der Waals surface area contributed by atoms with Gasteiger partial charge >= 0.3 is 5.97 Å². The van der Waals surface area contributed by atoms with Crippen molar-refractivity contribution in [2.24, 2.45) is 5.41 Å². The van der Waals surface area contributed by atoms with Crippen molar-refractivity contribution in [2.45, 2.75) is 40.0 Å². The lowest BCUT2D eigenvalue weighted by Gasteiger charge is -2.38. The number of carboxylic acids is 1. The van der Waals surface area contributed by atoms with E-state index in [0.717, 1.165) is 58.2 Å². The first-order valence-corrected chi connectivity index (χ1v) is 9.91. The van der Waals surface area contributed by atoms with Gasteiger partial charge in [-0.1, -0.05) is 20.8 Å². The lowest BCUT2D eigenvalue weighted by Crippen LogP contribution is -2.49. The number of piperazine rings is 1. The van der Waals surface area contributed by atoms with E-state index < -0.39 is 11.8 Å². The Balaban J connectivity index is 1.61. The third kappa shape index (κ3) is 7.11. The maximum Gasteiger partial charge on any atom is 0.335 e. The molecule has 27 heavy (non-hydrogen) atoms. The highest BCUT2D eigenvalue weighted by Crippen LogP contribution is 2.22. The SMILES string of the molecule is CCC(C)(C)CN1CCN(CCCCOc2ccc(C(=O)O)cc2F)CC1. The summed E-state index contributed by atoms with van der Waals surface area (Å²) in [5.41, 5.74) is 0.318. The van der Waals surface area contributed by atoms with Gasteiger partial charge in [-0.15, -0.1) is 0 Å². The summed E-state index contributed by atoms with van der Waals surface area (Å²) in [5, 5.41) is 8.84. The van der Waals surface area contributed by atoms with Gasteiger partial charge in [0.05, 0.1) is 12.2 Å². The molecule has 0 aliphatic carbocycles. The van der Waals surface area contributed by atoms with Crippen molar-refractivity contribution in [1.82, 2.24) is 9.80 Å². The molecule has 0 saturated carbocycles. The van der Waals surface area contributed by atoms with Crippen molar-refractivity contribution >= 4 is 5.97 Å². The van der Waals surface area contributed by atoms with Crippen LogP contribution < -0.4 is 4.74 Å². The van der Waals surface area contributed by atoms with Crippen LogP contribution in [0, 0.1) is 11.2 Å². The molecule has 0 radical (unpaired) electrons. The standard InChI is InChI=1S/C21H33FN2O3/c1-4-21(2,3)16-24-12-10-23(11-13-24)9-5-6-14-27-19-8-7-17(20(25)26)15-18(19)22/h7-8,15H,4-6,9-14,16H2,1-3H3,(H,25,26). The average molecular weight is 381 g/mol. The van der Waals surface area contributed by atoms with Gasteiger partial charge in [0.2, 0.25) is 0 Å². The van der Waals surface area contributed by atoms with Gasteiger partial charge in [-0.05, 0) is 49.4 Å². The molecule has 0 amide bonds. The van der Waals surface area contributed by atoms with E-state index in [9.17, 15) is 9.18 Å². The van der Waals surface area contributed by atoms with Crippen LogP contribution in [0.4, 0.5) is 4.39 Å². The number of ether oxygens (including phenoxy) is 1. The second-order valence-electron chi connectivity index (χ2n) is 8.14. The number of rotatable bonds is 10.